The van der Waals surface area contributed by atoms with Crippen LogP contribution in [0.4, 0.5) is 0 Å². The molecular weight excluding hydrogens is 441 g/mol. The summed E-state index contributed by atoms with van der Waals surface area (Å²) in [5.41, 5.74) is 0. The van der Waals surface area contributed by atoms with Gasteiger partial charge in [0.25, 0.3) is 22.6 Å². The van der Waals surface area contributed by atoms with Crippen molar-refractivity contribution in [2.24, 2.45) is 0 Å². The fourth-order valence-corrected chi connectivity index (χ4v) is 4.69. The molecular formula is C23H48O5Si3. The van der Waals surface area contributed by atoms with Crippen LogP contribution < -0.4 is 0 Å². The molecule has 0 aromatic rings. The topological polar surface area (TPSA) is 61.8 Å². The molecule has 0 fully saturated rings. The van der Waals surface area contributed by atoms with Gasteiger partial charge in [0.2, 0.25) is 8.32 Å². The lowest BCUT2D eigenvalue weighted by molar-refractivity contribution is -0.135. The Bertz CT molecular complexity index is 687. The SMILES string of the molecule is CC(C)(C)[Si](C)(C)OC(=O)/C=C(/CC(=O)O[Si](C)(C)C(C)(C)C)O[Si](C)(C)C(C)(C)C. The maximum Gasteiger partial charge on any atom is 0.320 e. The highest BCUT2D eigenvalue weighted by atomic mass is 28.4. The highest BCUT2D eigenvalue weighted by molar-refractivity contribution is 6.76. The molecule has 0 amide bonds. The molecule has 182 valence electrons. The second-order valence-electron chi connectivity index (χ2n) is 13.1. The molecule has 0 heterocycles. The van der Waals surface area contributed by atoms with Crippen molar-refractivity contribution in [3.05, 3.63) is 11.8 Å². The van der Waals surface area contributed by atoms with Crippen molar-refractivity contribution < 1.29 is 22.9 Å². The Morgan fingerprint density at radius 1 is 0.613 bits per heavy atom. The molecule has 31 heavy (non-hydrogen) atoms. The van der Waals surface area contributed by atoms with Gasteiger partial charge in [-0.25, -0.2) is 4.79 Å². The summed E-state index contributed by atoms with van der Waals surface area (Å²) >= 11 is 0. The molecule has 0 N–H and O–H groups in total. The van der Waals surface area contributed by atoms with Crippen LogP contribution in [0.1, 0.15) is 68.7 Å². The van der Waals surface area contributed by atoms with Crippen LogP contribution in [0.25, 0.3) is 0 Å². The summed E-state index contributed by atoms with van der Waals surface area (Å²) in [6, 6.07) is 0. The molecule has 0 aromatic carbocycles. The average Bonchev–Trinajstić information content (AvgIpc) is 2.40. The molecule has 0 unspecified atom stereocenters. The van der Waals surface area contributed by atoms with Crippen molar-refractivity contribution in [2.45, 2.75) is 123 Å². The van der Waals surface area contributed by atoms with Gasteiger partial charge >= 0.3 is 5.97 Å². The van der Waals surface area contributed by atoms with Gasteiger partial charge in [-0.05, 0) is 54.4 Å². The van der Waals surface area contributed by atoms with Gasteiger partial charge < -0.3 is 13.3 Å². The van der Waals surface area contributed by atoms with E-state index < -0.39 is 30.9 Å². The largest absolute Gasteiger partial charge is 0.546 e. The first-order valence-electron chi connectivity index (χ1n) is 11.2. The van der Waals surface area contributed by atoms with Crippen molar-refractivity contribution in [3.63, 3.8) is 0 Å². The third-order valence-electron chi connectivity index (χ3n) is 7.13. The maximum absolute atomic E-state index is 12.8. The van der Waals surface area contributed by atoms with Gasteiger partial charge in [0.1, 0.15) is 6.42 Å². The smallest absolute Gasteiger partial charge is 0.320 e. The van der Waals surface area contributed by atoms with Crippen LogP contribution in [0.5, 0.6) is 0 Å². The molecule has 0 aromatic heterocycles. The van der Waals surface area contributed by atoms with Gasteiger partial charge in [-0.3, -0.25) is 4.79 Å². The predicted molar refractivity (Wildman–Crippen MR) is 138 cm³/mol. The number of hydrogen-bond donors (Lipinski definition) is 0. The Hall–Kier alpha value is -0.869. The standard InChI is InChI=1S/C23H48O5Si3/c1-21(2,3)29(10,11)26-18(16-19(24)27-30(12,13)22(4,5)6)17-20(25)28-31(14,15)23(7,8)9/h16H,17H2,1-15H3/b18-16-. The molecule has 0 aliphatic heterocycles. The number of carbonyl (C=O) groups is 2. The first kappa shape index (κ1) is 30.1. The lowest BCUT2D eigenvalue weighted by Crippen LogP contribution is -2.44. The van der Waals surface area contributed by atoms with E-state index in [1.807, 2.05) is 26.2 Å². The third kappa shape index (κ3) is 8.88. The average molecular weight is 489 g/mol. The minimum atomic E-state index is -2.28. The fraction of sp³-hybridized carbons (Fsp3) is 0.826. The molecule has 0 aliphatic carbocycles. The second-order valence-corrected chi connectivity index (χ2v) is 27.2. The zero-order chi connectivity index (χ0) is 25.3. The summed E-state index contributed by atoms with van der Waals surface area (Å²) in [6.45, 7) is 31.2. The molecule has 0 saturated carbocycles. The zero-order valence-electron chi connectivity index (χ0n) is 22.8. The first-order chi connectivity index (χ1) is 13.3. The molecule has 5 nitrogen and oxygen atoms in total. The fourth-order valence-electron chi connectivity index (χ4n) is 1.78. The van der Waals surface area contributed by atoms with E-state index in [4.69, 9.17) is 13.3 Å². The predicted octanol–water partition coefficient (Wildman–Crippen LogP) is 7.38. The maximum atomic E-state index is 12.8. The zero-order valence-corrected chi connectivity index (χ0v) is 25.8. The van der Waals surface area contributed by atoms with Gasteiger partial charge in [0, 0.05) is 0 Å². The van der Waals surface area contributed by atoms with Crippen molar-refractivity contribution in [1.29, 1.82) is 0 Å². The van der Waals surface area contributed by atoms with E-state index in [1.165, 1.54) is 6.08 Å². The second kappa shape index (κ2) is 9.55. The quantitative estimate of drug-likeness (QED) is 0.212. The third-order valence-corrected chi connectivity index (χ3v) is 20.2. The van der Waals surface area contributed by atoms with E-state index in [-0.39, 0.29) is 27.5 Å². The Morgan fingerprint density at radius 3 is 1.29 bits per heavy atom. The lowest BCUT2D eigenvalue weighted by Gasteiger charge is -2.38. The number of hydrogen-bond acceptors (Lipinski definition) is 5. The molecule has 0 radical (unpaired) electrons. The van der Waals surface area contributed by atoms with Crippen molar-refractivity contribution >= 4 is 36.9 Å². The summed E-state index contributed by atoms with van der Waals surface area (Å²) in [5, 5.41) is -0.259. The summed E-state index contributed by atoms with van der Waals surface area (Å²) in [5.74, 6) is -0.448. The molecule has 0 atom stereocenters. The van der Waals surface area contributed by atoms with Crippen LogP contribution >= 0.6 is 0 Å². The molecule has 0 rings (SSSR count). The van der Waals surface area contributed by atoms with E-state index in [2.05, 4.69) is 75.4 Å². The normalized spacial score (nSPS) is 14.9. The van der Waals surface area contributed by atoms with Crippen LogP contribution in [-0.2, 0) is 22.9 Å². The van der Waals surface area contributed by atoms with Crippen molar-refractivity contribution in [1.82, 2.24) is 0 Å². The van der Waals surface area contributed by atoms with Gasteiger partial charge in [-0.1, -0.05) is 62.3 Å². The van der Waals surface area contributed by atoms with Crippen LogP contribution in [0.2, 0.25) is 54.4 Å². The Kier molecular flexibility index (Phi) is 9.28. The number of carbonyl (C=O) groups excluding carboxylic acids is 2. The minimum absolute atomic E-state index is 0.0639. The van der Waals surface area contributed by atoms with E-state index in [1.54, 1.807) is 0 Å². The van der Waals surface area contributed by atoms with Crippen molar-refractivity contribution in [2.75, 3.05) is 0 Å². The van der Waals surface area contributed by atoms with E-state index >= 15 is 0 Å². The summed E-state index contributed by atoms with van der Waals surface area (Å²) in [7, 11) is -6.80. The molecule has 0 saturated heterocycles. The Morgan fingerprint density at radius 2 is 0.935 bits per heavy atom. The summed E-state index contributed by atoms with van der Waals surface area (Å²) < 4.78 is 18.2. The Balaban J connectivity index is 5.85. The summed E-state index contributed by atoms with van der Waals surface area (Å²) in [4.78, 5) is 25.6. The van der Waals surface area contributed by atoms with Gasteiger partial charge in [0.15, 0.2) is 0 Å². The Labute approximate surface area is 194 Å². The lowest BCUT2D eigenvalue weighted by atomic mass is 10.2. The van der Waals surface area contributed by atoms with Crippen LogP contribution in [0.15, 0.2) is 11.8 Å². The minimum Gasteiger partial charge on any atom is -0.546 e. The van der Waals surface area contributed by atoms with E-state index in [0.29, 0.717) is 5.76 Å². The van der Waals surface area contributed by atoms with E-state index in [9.17, 15) is 9.59 Å². The van der Waals surface area contributed by atoms with Crippen molar-refractivity contribution in [3.8, 4) is 0 Å². The van der Waals surface area contributed by atoms with Crippen LogP contribution in [0.3, 0.4) is 0 Å². The number of rotatable bonds is 7. The summed E-state index contributed by atoms with van der Waals surface area (Å²) in [6.07, 6.45) is 1.31. The molecule has 0 bridgehead atoms. The van der Waals surface area contributed by atoms with Gasteiger partial charge in [0.05, 0.1) is 11.8 Å². The highest BCUT2D eigenvalue weighted by Gasteiger charge is 2.43. The molecule has 8 heteroatoms. The van der Waals surface area contributed by atoms with Gasteiger partial charge in [-0.2, -0.15) is 0 Å². The van der Waals surface area contributed by atoms with Crippen LogP contribution in [0, 0.1) is 0 Å². The van der Waals surface area contributed by atoms with E-state index in [0.717, 1.165) is 0 Å². The molecule has 0 spiro atoms. The first-order valence-corrected chi connectivity index (χ1v) is 19.9. The van der Waals surface area contributed by atoms with Crippen LogP contribution in [-0.4, -0.2) is 36.9 Å². The van der Waals surface area contributed by atoms with Gasteiger partial charge in [-0.15, -0.1) is 0 Å². The highest BCUT2D eigenvalue weighted by Crippen LogP contribution is 2.40. The molecule has 0 aliphatic rings. The monoisotopic (exact) mass is 488 g/mol.